The molecule has 0 N–H and O–H groups in total. The van der Waals surface area contributed by atoms with Crippen molar-refractivity contribution < 1.29 is 4.74 Å². The Morgan fingerprint density at radius 2 is 2.00 bits per heavy atom. The van der Waals surface area contributed by atoms with Crippen molar-refractivity contribution in [2.75, 3.05) is 26.5 Å². The molecule has 2 heterocycles. The number of thiocarbonyl (C=S) groups is 1. The van der Waals surface area contributed by atoms with E-state index in [9.17, 15) is 0 Å². The zero-order chi connectivity index (χ0) is 19.4. The van der Waals surface area contributed by atoms with Crippen molar-refractivity contribution in [1.82, 2.24) is 14.8 Å². The average Bonchev–Trinajstić information content (AvgIpc) is 3.17. The number of aliphatic imine (C=N–C) groups is 1. The van der Waals surface area contributed by atoms with Crippen LogP contribution in [0.25, 0.3) is 6.08 Å². The SMILES string of the molecule is CCN1C(=S)N(CC)C2C1N=C(SC)N2/N=C/C=C/c1ccccc1OC. The number of hydrogen-bond acceptors (Lipinski definition) is 6. The van der Waals surface area contributed by atoms with Crippen LogP contribution in [0.3, 0.4) is 0 Å². The predicted octanol–water partition coefficient (Wildman–Crippen LogP) is 3.32. The lowest BCUT2D eigenvalue weighted by molar-refractivity contribution is 0.173. The van der Waals surface area contributed by atoms with Gasteiger partial charge < -0.3 is 14.5 Å². The number of benzene rings is 1. The summed E-state index contributed by atoms with van der Waals surface area (Å²) in [5, 5.41) is 8.43. The van der Waals surface area contributed by atoms with Gasteiger partial charge in [-0.2, -0.15) is 5.10 Å². The summed E-state index contributed by atoms with van der Waals surface area (Å²) in [6.07, 6.45) is 7.75. The Bertz CT molecular complexity index is 779. The van der Waals surface area contributed by atoms with E-state index in [0.29, 0.717) is 0 Å². The molecule has 2 unspecified atom stereocenters. The number of thioether (sulfide) groups is 1. The van der Waals surface area contributed by atoms with Crippen LogP contribution in [0.2, 0.25) is 0 Å². The fourth-order valence-corrected chi connectivity index (χ4v) is 4.39. The Labute approximate surface area is 170 Å². The van der Waals surface area contributed by atoms with Crippen LogP contribution in [0.15, 0.2) is 40.4 Å². The molecule has 0 amide bonds. The van der Waals surface area contributed by atoms with Crippen molar-refractivity contribution >= 4 is 46.6 Å². The molecule has 144 valence electrons. The maximum atomic E-state index is 5.64. The number of likely N-dealkylation sites (N-methyl/N-ethyl adjacent to an activating group) is 2. The van der Waals surface area contributed by atoms with Crippen molar-refractivity contribution in [3.8, 4) is 5.75 Å². The summed E-state index contributed by atoms with van der Waals surface area (Å²) in [6, 6.07) is 7.90. The van der Waals surface area contributed by atoms with E-state index in [1.165, 1.54) is 0 Å². The molecule has 1 aromatic carbocycles. The van der Waals surface area contributed by atoms with Crippen LogP contribution < -0.4 is 4.74 Å². The van der Waals surface area contributed by atoms with Crippen molar-refractivity contribution in [1.29, 1.82) is 0 Å². The highest BCUT2D eigenvalue weighted by Crippen LogP contribution is 2.34. The first-order chi connectivity index (χ1) is 13.2. The lowest BCUT2D eigenvalue weighted by Crippen LogP contribution is -2.45. The van der Waals surface area contributed by atoms with Gasteiger partial charge in [0.15, 0.2) is 22.6 Å². The summed E-state index contributed by atoms with van der Waals surface area (Å²) in [5.41, 5.74) is 1.01. The summed E-state index contributed by atoms with van der Waals surface area (Å²) in [6.45, 7) is 5.89. The number of nitrogens with zero attached hydrogens (tertiary/aromatic N) is 5. The zero-order valence-electron chi connectivity index (χ0n) is 16.1. The normalized spacial score (nSPS) is 22.3. The van der Waals surface area contributed by atoms with Gasteiger partial charge in [-0.1, -0.05) is 30.0 Å². The van der Waals surface area contributed by atoms with Crippen LogP contribution in [-0.2, 0) is 0 Å². The van der Waals surface area contributed by atoms with Gasteiger partial charge in [-0.15, -0.1) is 0 Å². The number of hydrazone groups is 1. The number of methoxy groups -OCH3 is 1. The number of para-hydroxylation sites is 1. The van der Waals surface area contributed by atoms with Crippen molar-refractivity contribution in [3.63, 3.8) is 0 Å². The van der Waals surface area contributed by atoms with Gasteiger partial charge in [0.2, 0.25) is 0 Å². The molecule has 2 aliphatic rings. The summed E-state index contributed by atoms with van der Waals surface area (Å²) in [4.78, 5) is 9.22. The summed E-state index contributed by atoms with van der Waals surface area (Å²) in [7, 11) is 1.67. The Morgan fingerprint density at radius 1 is 1.26 bits per heavy atom. The molecule has 0 aliphatic carbocycles. The van der Waals surface area contributed by atoms with Crippen molar-refractivity contribution in [2.24, 2.45) is 10.1 Å². The van der Waals surface area contributed by atoms with E-state index < -0.39 is 0 Å². The smallest absolute Gasteiger partial charge is 0.183 e. The molecule has 27 heavy (non-hydrogen) atoms. The third kappa shape index (κ3) is 3.68. The third-order valence-electron chi connectivity index (χ3n) is 4.64. The molecule has 8 heteroatoms. The molecule has 0 bridgehead atoms. The van der Waals surface area contributed by atoms with Crippen LogP contribution in [0.5, 0.6) is 5.75 Å². The monoisotopic (exact) mass is 403 g/mol. The third-order valence-corrected chi connectivity index (χ3v) is 5.77. The van der Waals surface area contributed by atoms with Crippen molar-refractivity contribution in [3.05, 3.63) is 35.9 Å². The molecule has 1 aromatic rings. The number of hydrogen-bond donors (Lipinski definition) is 0. The maximum absolute atomic E-state index is 5.64. The fraction of sp³-hybridized carbons (Fsp3) is 0.421. The number of rotatable bonds is 6. The maximum Gasteiger partial charge on any atom is 0.183 e. The minimum atomic E-state index is 0.000229. The highest BCUT2D eigenvalue weighted by Gasteiger charge is 2.50. The van der Waals surface area contributed by atoms with Gasteiger partial charge in [-0.05, 0) is 50.5 Å². The van der Waals surface area contributed by atoms with Crippen molar-refractivity contribution in [2.45, 2.75) is 26.2 Å². The molecule has 2 aliphatic heterocycles. The molecule has 6 nitrogen and oxygen atoms in total. The molecule has 0 radical (unpaired) electrons. The Morgan fingerprint density at radius 3 is 2.67 bits per heavy atom. The topological polar surface area (TPSA) is 43.7 Å². The standard InChI is InChI=1S/C19H25N5OS2/c1-5-22-16-17(23(6-2)19(22)26)24(18(21-16)27-4)20-13-9-11-14-10-7-8-12-15(14)25-3/h7-13,16-17H,5-6H2,1-4H3/b11-9+,20-13+. The second-order valence-corrected chi connectivity index (χ2v) is 7.15. The van der Waals surface area contributed by atoms with Crippen LogP contribution in [-0.4, -0.2) is 70.1 Å². The van der Waals surface area contributed by atoms with Crippen LogP contribution in [0, 0.1) is 0 Å². The molecule has 1 saturated heterocycles. The number of ether oxygens (including phenoxy) is 1. The van der Waals surface area contributed by atoms with E-state index in [1.807, 2.05) is 47.7 Å². The van der Waals surface area contributed by atoms with E-state index in [1.54, 1.807) is 25.1 Å². The molecule has 0 spiro atoms. The van der Waals surface area contributed by atoms with Crippen LogP contribution in [0.4, 0.5) is 0 Å². The van der Waals surface area contributed by atoms with E-state index in [0.717, 1.165) is 34.7 Å². The lowest BCUT2D eigenvalue weighted by atomic mass is 10.2. The Kier molecular flexibility index (Phi) is 6.38. The predicted molar refractivity (Wildman–Crippen MR) is 118 cm³/mol. The number of amidine groups is 1. The molecule has 3 rings (SSSR count). The molecular weight excluding hydrogens is 378 g/mol. The first-order valence-electron chi connectivity index (χ1n) is 8.98. The second kappa shape index (κ2) is 8.75. The Hall–Kier alpha value is -2.06. The van der Waals surface area contributed by atoms with E-state index >= 15 is 0 Å². The second-order valence-electron chi connectivity index (χ2n) is 6.01. The zero-order valence-corrected chi connectivity index (χ0v) is 17.7. The lowest BCUT2D eigenvalue weighted by Gasteiger charge is -2.28. The first-order valence-corrected chi connectivity index (χ1v) is 10.6. The summed E-state index contributed by atoms with van der Waals surface area (Å²) < 4.78 is 5.38. The average molecular weight is 404 g/mol. The molecular formula is C19H25N5OS2. The van der Waals surface area contributed by atoms with Gasteiger partial charge in [0.05, 0.1) is 7.11 Å². The quantitative estimate of drug-likeness (QED) is 0.536. The minimum absolute atomic E-state index is 0.000229. The number of fused-ring (bicyclic) bond motifs is 1. The highest BCUT2D eigenvalue weighted by atomic mass is 32.2. The minimum Gasteiger partial charge on any atom is -0.496 e. The molecule has 0 saturated carbocycles. The van der Waals surface area contributed by atoms with E-state index in [2.05, 4.69) is 23.6 Å². The summed E-state index contributed by atoms with van der Waals surface area (Å²) in [5.74, 6) is 0.839. The summed E-state index contributed by atoms with van der Waals surface area (Å²) >= 11 is 7.24. The molecule has 1 fully saturated rings. The largest absolute Gasteiger partial charge is 0.496 e. The van der Waals surface area contributed by atoms with Crippen LogP contribution >= 0.6 is 24.0 Å². The van der Waals surface area contributed by atoms with Crippen LogP contribution in [0.1, 0.15) is 19.4 Å². The first kappa shape index (κ1) is 19.7. The molecule has 0 aromatic heterocycles. The number of allylic oxidation sites excluding steroid dienone is 1. The van der Waals surface area contributed by atoms with Gasteiger partial charge in [-0.25, -0.2) is 10.0 Å². The Balaban J connectivity index is 1.80. The highest BCUT2D eigenvalue weighted by molar-refractivity contribution is 8.13. The van der Waals surface area contributed by atoms with E-state index in [-0.39, 0.29) is 12.3 Å². The van der Waals surface area contributed by atoms with Gasteiger partial charge >= 0.3 is 0 Å². The van der Waals surface area contributed by atoms with E-state index in [4.69, 9.17) is 27.0 Å². The fourth-order valence-electron chi connectivity index (χ4n) is 3.36. The molecule has 2 atom stereocenters. The van der Waals surface area contributed by atoms with Gasteiger partial charge in [0.1, 0.15) is 5.75 Å². The van der Waals surface area contributed by atoms with Gasteiger partial charge in [0.25, 0.3) is 0 Å². The van der Waals surface area contributed by atoms with Gasteiger partial charge in [-0.3, -0.25) is 0 Å². The van der Waals surface area contributed by atoms with Gasteiger partial charge in [0, 0.05) is 24.9 Å².